The van der Waals surface area contributed by atoms with Crippen LogP contribution >= 0.6 is 0 Å². The molecule has 1 aromatic heterocycles. The Kier molecular flexibility index (Phi) is 4.80. The molecule has 1 aromatic rings. The van der Waals surface area contributed by atoms with Gasteiger partial charge in [0.05, 0.1) is 4.90 Å². The zero-order valence-corrected chi connectivity index (χ0v) is 12.3. The number of sulfonamides is 1. The van der Waals surface area contributed by atoms with E-state index in [1.54, 1.807) is 24.4 Å². The molecule has 0 atom stereocenters. The summed E-state index contributed by atoms with van der Waals surface area (Å²) in [5, 5.41) is 3.35. The molecule has 0 spiro atoms. The second-order valence-corrected chi connectivity index (χ2v) is 6.85. The van der Waals surface area contributed by atoms with Crippen LogP contribution < -0.4 is 5.32 Å². The normalized spacial score (nSPS) is 15.4. The van der Waals surface area contributed by atoms with Crippen molar-refractivity contribution in [3.63, 3.8) is 0 Å². The van der Waals surface area contributed by atoms with E-state index in [1.165, 1.54) is 17.1 Å². The Bertz CT molecular complexity index is 563. The van der Waals surface area contributed by atoms with E-state index in [0.717, 1.165) is 5.69 Å². The van der Waals surface area contributed by atoms with Gasteiger partial charge in [0.25, 0.3) is 0 Å². The van der Waals surface area contributed by atoms with Crippen molar-refractivity contribution in [2.75, 3.05) is 13.1 Å². The predicted molar refractivity (Wildman–Crippen MR) is 79.8 cm³/mol. The molecule has 5 nitrogen and oxygen atoms in total. The fourth-order valence-electron chi connectivity index (χ4n) is 1.92. The van der Waals surface area contributed by atoms with E-state index in [4.69, 9.17) is 0 Å². The minimum absolute atomic E-state index is 0.273. The van der Waals surface area contributed by atoms with E-state index in [2.05, 4.69) is 23.5 Å². The lowest BCUT2D eigenvalue weighted by atomic mass is 10.4. The first kappa shape index (κ1) is 15.0. The number of aromatic amines is 1. The molecular weight excluding hydrogens is 274 g/mol. The summed E-state index contributed by atoms with van der Waals surface area (Å²) < 4.78 is 26.3. The van der Waals surface area contributed by atoms with E-state index in [1.807, 2.05) is 0 Å². The van der Waals surface area contributed by atoms with E-state index in [-0.39, 0.29) is 18.0 Å². The van der Waals surface area contributed by atoms with Crippen molar-refractivity contribution >= 4 is 10.0 Å². The maximum Gasteiger partial charge on any atom is 0.245 e. The van der Waals surface area contributed by atoms with Crippen LogP contribution in [-0.2, 0) is 16.6 Å². The lowest BCUT2D eigenvalue weighted by molar-refractivity contribution is 0.474. The third-order valence-electron chi connectivity index (χ3n) is 3.18. The SMILES string of the molecule is C=CCN(CC=C)S(=O)(=O)c1c[nH]c(CNC2CC2)c1. The number of H-pyrrole nitrogens is 1. The third-order valence-corrected chi connectivity index (χ3v) is 4.99. The lowest BCUT2D eigenvalue weighted by Gasteiger charge is -2.17. The van der Waals surface area contributed by atoms with E-state index in [0.29, 0.717) is 12.6 Å². The second kappa shape index (κ2) is 6.39. The van der Waals surface area contributed by atoms with Gasteiger partial charge in [-0.2, -0.15) is 4.31 Å². The quantitative estimate of drug-likeness (QED) is 0.681. The van der Waals surface area contributed by atoms with Crippen molar-refractivity contribution in [2.24, 2.45) is 0 Å². The molecule has 2 N–H and O–H groups in total. The van der Waals surface area contributed by atoms with Crippen LogP contribution in [0.4, 0.5) is 0 Å². The Morgan fingerprint density at radius 2 is 2.00 bits per heavy atom. The summed E-state index contributed by atoms with van der Waals surface area (Å²) in [4.78, 5) is 3.30. The number of rotatable bonds is 9. The van der Waals surface area contributed by atoms with Crippen LogP contribution in [0.2, 0.25) is 0 Å². The van der Waals surface area contributed by atoms with Crippen LogP contribution in [0.25, 0.3) is 0 Å². The standard InChI is InChI=1S/C14H21N3O2S/c1-3-7-17(8-4-2)20(18,19)14-9-13(16-11-14)10-15-12-5-6-12/h3-4,9,11-12,15-16H,1-2,5-8,10H2. The first-order valence-corrected chi connectivity index (χ1v) is 8.14. The summed E-state index contributed by atoms with van der Waals surface area (Å²) in [6.45, 7) is 8.40. The first-order valence-electron chi connectivity index (χ1n) is 6.70. The van der Waals surface area contributed by atoms with Crippen LogP contribution in [0.15, 0.2) is 42.5 Å². The Morgan fingerprint density at radius 1 is 1.35 bits per heavy atom. The number of hydrogen-bond donors (Lipinski definition) is 2. The van der Waals surface area contributed by atoms with Gasteiger partial charge in [-0.1, -0.05) is 12.2 Å². The van der Waals surface area contributed by atoms with Crippen molar-refractivity contribution in [1.29, 1.82) is 0 Å². The van der Waals surface area contributed by atoms with Gasteiger partial charge in [0, 0.05) is 37.6 Å². The highest BCUT2D eigenvalue weighted by Gasteiger charge is 2.24. The fraction of sp³-hybridized carbons (Fsp3) is 0.429. The highest BCUT2D eigenvalue weighted by atomic mass is 32.2. The topological polar surface area (TPSA) is 65.2 Å². The summed E-state index contributed by atoms with van der Waals surface area (Å²) in [6, 6.07) is 2.28. The van der Waals surface area contributed by atoms with E-state index in [9.17, 15) is 8.42 Å². The van der Waals surface area contributed by atoms with Crippen LogP contribution in [0.3, 0.4) is 0 Å². The number of hydrogen-bond acceptors (Lipinski definition) is 3. The minimum Gasteiger partial charge on any atom is -0.363 e. The van der Waals surface area contributed by atoms with Crippen molar-refractivity contribution in [2.45, 2.75) is 30.3 Å². The Morgan fingerprint density at radius 3 is 2.55 bits per heavy atom. The summed E-state index contributed by atoms with van der Waals surface area (Å²) in [5.41, 5.74) is 0.882. The van der Waals surface area contributed by atoms with Crippen LogP contribution in [0.1, 0.15) is 18.5 Å². The second-order valence-electron chi connectivity index (χ2n) is 4.92. The highest BCUT2D eigenvalue weighted by Crippen LogP contribution is 2.20. The molecule has 1 heterocycles. The van der Waals surface area contributed by atoms with Crippen LogP contribution in [0.5, 0.6) is 0 Å². The van der Waals surface area contributed by atoms with Crippen molar-refractivity contribution in [1.82, 2.24) is 14.6 Å². The van der Waals surface area contributed by atoms with Crippen LogP contribution in [-0.4, -0.2) is 36.8 Å². The molecule has 110 valence electrons. The third kappa shape index (κ3) is 3.59. The summed E-state index contributed by atoms with van der Waals surface area (Å²) in [7, 11) is -3.50. The number of aromatic nitrogens is 1. The lowest BCUT2D eigenvalue weighted by Crippen LogP contribution is -2.31. The molecule has 0 radical (unpaired) electrons. The smallest absolute Gasteiger partial charge is 0.245 e. The van der Waals surface area contributed by atoms with E-state index < -0.39 is 10.0 Å². The molecule has 1 saturated carbocycles. The minimum atomic E-state index is -3.50. The van der Waals surface area contributed by atoms with Gasteiger partial charge in [0.15, 0.2) is 0 Å². The molecule has 0 amide bonds. The largest absolute Gasteiger partial charge is 0.363 e. The molecule has 20 heavy (non-hydrogen) atoms. The van der Waals surface area contributed by atoms with Gasteiger partial charge < -0.3 is 10.3 Å². The van der Waals surface area contributed by atoms with Crippen molar-refractivity contribution in [3.05, 3.63) is 43.3 Å². The molecule has 0 bridgehead atoms. The van der Waals surface area contributed by atoms with E-state index >= 15 is 0 Å². The zero-order valence-electron chi connectivity index (χ0n) is 11.5. The maximum atomic E-state index is 12.5. The zero-order chi connectivity index (χ0) is 14.6. The molecule has 2 rings (SSSR count). The van der Waals surface area contributed by atoms with Gasteiger partial charge in [-0.3, -0.25) is 0 Å². The van der Waals surface area contributed by atoms with Crippen molar-refractivity contribution in [3.8, 4) is 0 Å². The van der Waals surface area contributed by atoms with Gasteiger partial charge >= 0.3 is 0 Å². The molecular formula is C14H21N3O2S. The molecule has 0 unspecified atom stereocenters. The van der Waals surface area contributed by atoms with Crippen LogP contribution in [0, 0.1) is 0 Å². The average Bonchev–Trinajstić information content (AvgIpc) is 3.12. The molecule has 0 saturated heterocycles. The highest BCUT2D eigenvalue weighted by molar-refractivity contribution is 7.89. The predicted octanol–water partition coefficient (Wildman–Crippen LogP) is 1.63. The van der Waals surface area contributed by atoms with Gasteiger partial charge in [-0.25, -0.2) is 8.42 Å². The number of nitrogens with zero attached hydrogens (tertiary/aromatic N) is 1. The summed E-state index contributed by atoms with van der Waals surface area (Å²) >= 11 is 0. The molecule has 6 heteroatoms. The molecule has 0 aromatic carbocycles. The van der Waals surface area contributed by atoms with Gasteiger partial charge in [-0.15, -0.1) is 13.2 Å². The summed E-state index contributed by atoms with van der Waals surface area (Å²) in [5.74, 6) is 0. The fourth-order valence-corrected chi connectivity index (χ4v) is 3.32. The Labute approximate surface area is 120 Å². The van der Waals surface area contributed by atoms with Gasteiger partial charge in [0.1, 0.15) is 0 Å². The van der Waals surface area contributed by atoms with Gasteiger partial charge in [0.2, 0.25) is 10.0 Å². The molecule has 1 aliphatic rings. The average molecular weight is 295 g/mol. The Balaban J connectivity index is 2.10. The Hall–Kier alpha value is -1.37. The number of nitrogens with one attached hydrogen (secondary N) is 2. The monoisotopic (exact) mass is 295 g/mol. The first-order chi connectivity index (χ1) is 9.57. The van der Waals surface area contributed by atoms with Gasteiger partial charge in [-0.05, 0) is 18.9 Å². The molecule has 1 fully saturated rings. The maximum absolute atomic E-state index is 12.5. The summed E-state index contributed by atoms with van der Waals surface area (Å²) in [6.07, 6.45) is 7.10. The van der Waals surface area contributed by atoms with Crippen molar-refractivity contribution < 1.29 is 8.42 Å². The molecule has 0 aliphatic heterocycles. The molecule has 1 aliphatic carbocycles.